The quantitative estimate of drug-likeness (QED) is 0.806. The van der Waals surface area contributed by atoms with Crippen LogP contribution in [0.1, 0.15) is 17.0 Å². The van der Waals surface area contributed by atoms with Crippen LogP contribution in [0.2, 0.25) is 0 Å². The van der Waals surface area contributed by atoms with Crippen LogP contribution in [0.4, 0.5) is 5.13 Å². The Bertz CT molecular complexity index is 431. The number of fused-ring (bicyclic) bond motifs is 1. The summed E-state index contributed by atoms with van der Waals surface area (Å²) in [6.07, 6.45) is 3.04. The van der Waals surface area contributed by atoms with Gasteiger partial charge >= 0.3 is 0 Å². The van der Waals surface area contributed by atoms with E-state index in [1.54, 1.807) is 0 Å². The fourth-order valence-electron chi connectivity index (χ4n) is 1.54. The molecule has 1 aliphatic carbocycles. The van der Waals surface area contributed by atoms with Crippen LogP contribution in [0.25, 0.3) is 0 Å². The molecule has 1 heterocycles. The maximum atomic E-state index is 11.3. The maximum Gasteiger partial charge on any atom is 0.236 e. The zero-order chi connectivity index (χ0) is 10.9. The Morgan fingerprint density at radius 2 is 2.27 bits per heavy atom. The van der Waals surface area contributed by atoms with E-state index in [0.29, 0.717) is 5.13 Å². The van der Waals surface area contributed by atoms with Crippen LogP contribution in [0.5, 0.6) is 0 Å². The van der Waals surface area contributed by atoms with Gasteiger partial charge in [-0.25, -0.2) is 13.4 Å². The van der Waals surface area contributed by atoms with E-state index in [2.05, 4.69) is 9.71 Å². The van der Waals surface area contributed by atoms with Crippen molar-refractivity contribution < 1.29 is 13.5 Å². The number of sulfonamides is 1. The Kier molecular flexibility index (Phi) is 2.94. The van der Waals surface area contributed by atoms with Gasteiger partial charge in [-0.1, -0.05) is 0 Å². The van der Waals surface area contributed by atoms with Crippen LogP contribution >= 0.6 is 11.3 Å². The fourth-order valence-corrected chi connectivity index (χ4v) is 3.64. The molecular weight excluding hydrogens is 236 g/mol. The molecular formula is C8H12N2O3S2. The van der Waals surface area contributed by atoms with Crippen molar-refractivity contribution in [1.82, 2.24) is 4.98 Å². The molecule has 0 bridgehead atoms. The molecule has 0 unspecified atom stereocenters. The zero-order valence-corrected chi connectivity index (χ0v) is 9.70. The van der Waals surface area contributed by atoms with Crippen LogP contribution in [-0.2, 0) is 22.9 Å². The smallest absolute Gasteiger partial charge is 0.236 e. The number of hydrogen-bond acceptors (Lipinski definition) is 5. The largest absolute Gasteiger partial charge is 0.395 e. The van der Waals surface area contributed by atoms with E-state index < -0.39 is 10.0 Å². The summed E-state index contributed by atoms with van der Waals surface area (Å²) in [5.74, 6) is -0.281. The van der Waals surface area contributed by atoms with Gasteiger partial charge in [0.15, 0.2) is 5.13 Å². The van der Waals surface area contributed by atoms with Gasteiger partial charge in [-0.3, -0.25) is 4.72 Å². The summed E-state index contributed by atoms with van der Waals surface area (Å²) in [4.78, 5) is 5.38. The molecule has 0 aromatic carbocycles. The highest BCUT2D eigenvalue weighted by molar-refractivity contribution is 7.92. The van der Waals surface area contributed by atoms with Crippen molar-refractivity contribution in [3.05, 3.63) is 10.6 Å². The predicted octanol–water partition coefficient (Wildman–Crippen LogP) is 0.366. The molecule has 0 atom stereocenters. The van der Waals surface area contributed by atoms with Crippen molar-refractivity contribution in [3.63, 3.8) is 0 Å². The van der Waals surface area contributed by atoms with Crippen LogP contribution in [0.15, 0.2) is 0 Å². The number of aliphatic hydroxyl groups is 1. The van der Waals surface area contributed by atoms with Gasteiger partial charge in [0, 0.05) is 4.88 Å². The lowest BCUT2D eigenvalue weighted by molar-refractivity contribution is 0.320. The highest BCUT2D eigenvalue weighted by Crippen LogP contribution is 2.30. The third kappa shape index (κ3) is 2.47. The molecule has 1 aromatic heterocycles. The Morgan fingerprint density at radius 3 is 2.93 bits per heavy atom. The fraction of sp³-hybridized carbons (Fsp3) is 0.625. The van der Waals surface area contributed by atoms with Gasteiger partial charge in [-0.2, -0.15) is 0 Å². The molecule has 2 N–H and O–H groups in total. The molecule has 0 saturated carbocycles. The van der Waals surface area contributed by atoms with Crippen molar-refractivity contribution in [1.29, 1.82) is 0 Å². The van der Waals surface area contributed by atoms with E-state index in [0.717, 1.165) is 25.0 Å². The van der Waals surface area contributed by atoms with E-state index in [9.17, 15) is 8.42 Å². The molecule has 0 amide bonds. The van der Waals surface area contributed by atoms with Gasteiger partial charge in [-0.15, -0.1) is 11.3 Å². The van der Waals surface area contributed by atoms with Crippen molar-refractivity contribution in [2.75, 3.05) is 17.1 Å². The predicted molar refractivity (Wildman–Crippen MR) is 58.6 cm³/mol. The Balaban J connectivity index is 2.12. The minimum Gasteiger partial charge on any atom is -0.395 e. The van der Waals surface area contributed by atoms with Crippen LogP contribution in [-0.4, -0.2) is 30.9 Å². The standard InChI is InChI=1S/C8H12N2O3S2/c11-4-5-15(12,13)10-8-9-6-2-1-3-7(6)14-8/h11H,1-5H2,(H,9,10). The van der Waals surface area contributed by atoms with Crippen LogP contribution < -0.4 is 4.72 Å². The van der Waals surface area contributed by atoms with E-state index >= 15 is 0 Å². The average molecular weight is 248 g/mol. The summed E-state index contributed by atoms with van der Waals surface area (Å²) in [6.45, 7) is -0.375. The number of hydrogen-bond donors (Lipinski definition) is 2. The van der Waals surface area contributed by atoms with Gasteiger partial charge in [0.2, 0.25) is 10.0 Å². The number of aromatic nitrogens is 1. The lowest BCUT2D eigenvalue weighted by Crippen LogP contribution is -2.18. The summed E-state index contributed by atoms with van der Waals surface area (Å²) >= 11 is 1.39. The molecule has 2 rings (SSSR count). The number of anilines is 1. The minimum absolute atomic E-state index is 0.281. The summed E-state index contributed by atoms with van der Waals surface area (Å²) in [7, 11) is -3.42. The second-order valence-electron chi connectivity index (χ2n) is 3.39. The highest BCUT2D eigenvalue weighted by atomic mass is 32.2. The van der Waals surface area contributed by atoms with Crippen molar-refractivity contribution in [2.45, 2.75) is 19.3 Å². The Labute approximate surface area is 92.2 Å². The lowest BCUT2D eigenvalue weighted by atomic mass is 10.4. The van der Waals surface area contributed by atoms with Crippen LogP contribution in [0.3, 0.4) is 0 Å². The van der Waals surface area contributed by atoms with E-state index in [1.807, 2.05) is 0 Å². The molecule has 0 spiro atoms. The molecule has 1 aromatic rings. The summed E-state index contributed by atoms with van der Waals surface area (Å²) in [5, 5.41) is 8.99. The van der Waals surface area contributed by atoms with Gasteiger partial charge in [0.1, 0.15) is 0 Å². The molecule has 84 valence electrons. The number of aliphatic hydroxyl groups excluding tert-OH is 1. The van der Waals surface area contributed by atoms with Gasteiger partial charge < -0.3 is 5.11 Å². The molecule has 0 saturated heterocycles. The topological polar surface area (TPSA) is 79.3 Å². The van der Waals surface area contributed by atoms with Gasteiger partial charge in [-0.05, 0) is 19.3 Å². The minimum atomic E-state index is -3.42. The first-order valence-electron chi connectivity index (χ1n) is 4.70. The maximum absolute atomic E-state index is 11.3. The third-order valence-corrected chi connectivity index (χ3v) is 4.62. The molecule has 7 heteroatoms. The first-order valence-corrected chi connectivity index (χ1v) is 7.17. The number of rotatable bonds is 4. The third-order valence-electron chi connectivity index (χ3n) is 2.20. The van der Waals surface area contributed by atoms with Crippen molar-refractivity contribution >= 4 is 26.5 Å². The first kappa shape index (κ1) is 10.8. The summed E-state index contributed by atoms with van der Waals surface area (Å²) < 4.78 is 25.0. The second-order valence-corrected chi connectivity index (χ2v) is 6.31. The molecule has 0 aliphatic heterocycles. The monoisotopic (exact) mass is 248 g/mol. The Hall–Kier alpha value is -0.660. The van der Waals surface area contributed by atoms with Gasteiger partial charge in [0.25, 0.3) is 0 Å². The molecule has 15 heavy (non-hydrogen) atoms. The average Bonchev–Trinajstić information content (AvgIpc) is 2.61. The number of aryl methyl sites for hydroxylation is 2. The summed E-state index contributed by atoms with van der Waals surface area (Å²) in [6, 6.07) is 0. The van der Waals surface area contributed by atoms with Crippen LogP contribution in [0, 0.1) is 0 Å². The second kappa shape index (κ2) is 4.07. The number of thiazole rings is 1. The van der Waals surface area contributed by atoms with Crippen molar-refractivity contribution in [2.24, 2.45) is 0 Å². The summed E-state index contributed by atoms with van der Waals surface area (Å²) in [5.41, 5.74) is 1.02. The van der Waals surface area contributed by atoms with Gasteiger partial charge in [0.05, 0.1) is 18.1 Å². The molecule has 5 nitrogen and oxygen atoms in total. The zero-order valence-electron chi connectivity index (χ0n) is 8.06. The first-order chi connectivity index (χ1) is 7.11. The van der Waals surface area contributed by atoms with E-state index in [4.69, 9.17) is 5.11 Å². The Morgan fingerprint density at radius 1 is 1.47 bits per heavy atom. The molecule has 0 fully saturated rings. The van der Waals surface area contributed by atoms with E-state index in [1.165, 1.54) is 16.2 Å². The molecule has 0 radical (unpaired) electrons. The lowest BCUT2D eigenvalue weighted by Gasteiger charge is -2.02. The number of nitrogens with zero attached hydrogens (tertiary/aromatic N) is 1. The van der Waals surface area contributed by atoms with Crippen molar-refractivity contribution in [3.8, 4) is 0 Å². The normalized spacial score (nSPS) is 15.3. The SMILES string of the molecule is O=S(=O)(CCO)Nc1nc2c(s1)CCC2. The molecule has 1 aliphatic rings. The highest BCUT2D eigenvalue weighted by Gasteiger charge is 2.19. The number of nitrogens with one attached hydrogen (secondary N) is 1. The van der Waals surface area contributed by atoms with E-state index in [-0.39, 0.29) is 12.4 Å².